The minimum atomic E-state index is -0.509. The van der Waals surface area contributed by atoms with Crippen molar-refractivity contribution in [1.82, 2.24) is 10.9 Å². The van der Waals surface area contributed by atoms with Gasteiger partial charge < -0.3 is 10.1 Å². The third kappa shape index (κ3) is 6.55. The first kappa shape index (κ1) is 20.1. The van der Waals surface area contributed by atoms with E-state index in [-0.39, 0.29) is 17.4 Å². The van der Waals surface area contributed by atoms with E-state index in [0.717, 1.165) is 5.69 Å². The van der Waals surface area contributed by atoms with E-state index in [1.54, 1.807) is 0 Å². The molecule has 0 aliphatic carbocycles. The average molecular weight is 388 g/mol. The van der Waals surface area contributed by atoms with Gasteiger partial charge in [-0.2, -0.15) is 0 Å². The summed E-state index contributed by atoms with van der Waals surface area (Å²) in [5.74, 6) is 0.341. The Bertz CT molecular complexity index is 807. The van der Waals surface area contributed by atoms with Crippen LogP contribution in [0.1, 0.15) is 25.3 Å². The van der Waals surface area contributed by atoms with Gasteiger partial charge in [-0.1, -0.05) is 26.0 Å². The molecule has 0 atom stereocenters. The van der Waals surface area contributed by atoms with Gasteiger partial charge in [-0.25, -0.2) is 0 Å². The normalized spacial score (nSPS) is 10.2. The van der Waals surface area contributed by atoms with Gasteiger partial charge in [-0.05, 0) is 48.0 Å². The predicted octanol–water partition coefficient (Wildman–Crippen LogP) is 3.11. The molecule has 0 fully saturated rings. The summed E-state index contributed by atoms with van der Waals surface area (Å²) in [6, 6.07) is 13.3. The Morgan fingerprint density at radius 1 is 1.11 bits per heavy atom. The number of nitrogens with one attached hydrogen (secondary N) is 3. The molecule has 0 heterocycles. The highest BCUT2D eigenvalue weighted by Crippen LogP contribution is 2.17. The van der Waals surface area contributed by atoms with E-state index >= 15 is 0 Å². The maximum absolute atomic E-state index is 11.8. The number of carbonyl (C=O) groups excluding carboxylic acids is 1. The molecular formula is C18H20N4O4S. The van der Waals surface area contributed by atoms with E-state index in [1.807, 2.05) is 24.3 Å². The summed E-state index contributed by atoms with van der Waals surface area (Å²) >= 11 is 5.11. The molecule has 0 aliphatic heterocycles. The van der Waals surface area contributed by atoms with Crippen LogP contribution in [0, 0.1) is 10.1 Å². The molecule has 2 aromatic rings. The van der Waals surface area contributed by atoms with Crippen molar-refractivity contribution in [2.24, 2.45) is 0 Å². The molecule has 0 aliphatic rings. The van der Waals surface area contributed by atoms with E-state index < -0.39 is 10.8 Å². The highest BCUT2D eigenvalue weighted by Gasteiger charge is 2.07. The van der Waals surface area contributed by atoms with Crippen LogP contribution >= 0.6 is 12.2 Å². The average Bonchev–Trinajstić information content (AvgIpc) is 2.65. The molecule has 0 bridgehead atoms. The topological polar surface area (TPSA) is 106 Å². The molecule has 0 radical (unpaired) electrons. The second-order valence-corrected chi connectivity index (χ2v) is 6.35. The molecule has 142 valence electrons. The van der Waals surface area contributed by atoms with Gasteiger partial charge in [0.25, 0.3) is 11.6 Å². The van der Waals surface area contributed by atoms with E-state index in [2.05, 4.69) is 30.0 Å². The lowest BCUT2D eigenvalue weighted by Gasteiger charge is -2.13. The van der Waals surface area contributed by atoms with Gasteiger partial charge in [0.05, 0.1) is 4.92 Å². The molecule has 8 nitrogen and oxygen atoms in total. The number of anilines is 1. The Hall–Kier alpha value is -3.20. The Labute approximate surface area is 162 Å². The lowest BCUT2D eigenvalue weighted by molar-refractivity contribution is -0.384. The zero-order valence-electron chi connectivity index (χ0n) is 14.9. The van der Waals surface area contributed by atoms with Crippen molar-refractivity contribution in [3.05, 3.63) is 64.2 Å². The van der Waals surface area contributed by atoms with E-state index in [9.17, 15) is 14.9 Å². The lowest BCUT2D eigenvalue weighted by atomic mass is 10.0. The number of nitrogens with zero attached hydrogens (tertiary/aromatic N) is 1. The standard InChI is InChI=1S/C18H20N4O4S/c1-12(2)13-3-5-14(6-4-13)19-18(27)21-20-17(23)11-26-16-9-7-15(8-10-16)22(24)25/h3-10,12H,11H2,1-2H3,(H,20,23)(H2,19,21,27). The van der Waals surface area contributed by atoms with Crippen molar-refractivity contribution in [3.8, 4) is 5.75 Å². The summed E-state index contributed by atoms with van der Waals surface area (Å²) in [5, 5.41) is 13.8. The van der Waals surface area contributed by atoms with E-state index in [1.165, 1.54) is 29.8 Å². The summed E-state index contributed by atoms with van der Waals surface area (Å²) in [4.78, 5) is 21.8. The molecule has 0 saturated carbocycles. The summed E-state index contributed by atoms with van der Waals surface area (Å²) in [7, 11) is 0. The van der Waals surface area contributed by atoms with Gasteiger partial charge in [-0.15, -0.1) is 0 Å². The molecule has 27 heavy (non-hydrogen) atoms. The van der Waals surface area contributed by atoms with Crippen LogP contribution in [0.15, 0.2) is 48.5 Å². The summed E-state index contributed by atoms with van der Waals surface area (Å²) in [5.41, 5.74) is 6.95. The predicted molar refractivity (Wildman–Crippen MR) is 107 cm³/mol. The SMILES string of the molecule is CC(C)c1ccc(NC(=S)NNC(=O)COc2ccc([N+](=O)[O-])cc2)cc1. The summed E-state index contributed by atoms with van der Waals surface area (Å²) in [6.07, 6.45) is 0. The molecule has 0 aromatic heterocycles. The number of hydrazine groups is 1. The highest BCUT2D eigenvalue weighted by atomic mass is 32.1. The van der Waals surface area contributed by atoms with Crippen LogP contribution in [-0.4, -0.2) is 22.5 Å². The largest absolute Gasteiger partial charge is 0.484 e. The van der Waals surface area contributed by atoms with Crippen molar-refractivity contribution in [2.45, 2.75) is 19.8 Å². The maximum Gasteiger partial charge on any atom is 0.276 e. The third-order valence-corrected chi connectivity index (χ3v) is 3.77. The Morgan fingerprint density at radius 3 is 2.30 bits per heavy atom. The van der Waals surface area contributed by atoms with Crippen LogP contribution in [0.5, 0.6) is 5.75 Å². The van der Waals surface area contributed by atoms with Gasteiger partial charge in [0, 0.05) is 17.8 Å². The second kappa shape index (κ2) is 9.48. The van der Waals surface area contributed by atoms with Crippen LogP contribution in [-0.2, 0) is 4.79 Å². The summed E-state index contributed by atoms with van der Waals surface area (Å²) < 4.78 is 5.25. The molecule has 0 unspecified atom stereocenters. The van der Waals surface area contributed by atoms with Gasteiger partial charge in [0.15, 0.2) is 11.7 Å². The lowest BCUT2D eigenvalue weighted by Crippen LogP contribution is -2.45. The monoisotopic (exact) mass is 388 g/mol. The van der Waals surface area contributed by atoms with Gasteiger partial charge in [-0.3, -0.25) is 25.8 Å². The number of nitro benzene ring substituents is 1. The molecule has 0 saturated heterocycles. The molecule has 1 amide bonds. The smallest absolute Gasteiger partial charge is 0.276 e. The fraction of sp³-hybridized carbons (Fsp3) is 0.222. The fourth-order valence-electron chi connectivity index (χ4n) is 2.09. The van der Waals surface area contributed by atoms with Crippen LogP contribution in [0.25, 0.3) is 0 Å². The number of hydrogen-bond donors (Lipinski definition) is 3. The zero-order valence-corrected chi connectivity index (χ0v) is 15.7. The molecule has 0 spiro atoms. The minimum Gasteiger partial charge on any atom is -0.484 e. The maximum atomic E-state index is 11.8. The Kier molecular flexibility index (Phi) is 7.07. The Morgan fingerprint density at radius 2 is 1.74 bits per heavy atom. The Balaban J connectivity index is 1.72. The number of thiocarbonyl (C=S) groups is 1. The van der Waals surface area contributed by atoms with Crippen LogP contribution in [0.2, 0.25) is 0 Å². The molecule has 3 N–H and O–H groups in total. The molecule has 9 heteroatoms. The fourth-order valence-corrected chi connectivity index (χ4v) is 2.26. The minimum absolute atomic E-state index is 0.0497. The first-order valence-corrected chi connectivity index (χ1v) is 8.59. The quantitative estimate of drug-likeness (QED) is 0.397. The van der Waals surface area contributed by atoms with Crippen LogP contribution < -0.4 is 20.9 Å². The third-order valence-electron chi connectivity index (χ3n) is 3.57. The second-order valence-electron chi connectivity index (χ2n) is 5.94. The number of nitro groups is 1. The molecule has 2 aromatic carbocycles. The number of non-ortho nitro benzene ring substituents is 1. The number of rotatable bonds is 6. The number of hydrogen-bond acceptors (Lipinski definition) is 5. The number of ether oxygens (including phenoxy) is 1. The van der Waals surface area contributed by atoms with Gasteiger partial charge in [0.2, 0.25) is 0 Å². The van der Waals surface area contributed by atoms with Gasteiger partial charge >= 0.3 is 0 Å². The van der Waals surface area contributed by atoms with Crippen LogP contribution in [0.3, 0.4) is 0 Å². The summed E-state index contributed by atoms with van der Waals surface area (Å²) in [6.45, 7) is 3.96. The highest BCUT2D eigenvalue weighted by molar-refractivity contribution is 7.80. The van der Waals surface area contributed by atoms with Gasteiger partial charge in [0.1, 0.15) is 5.75 Å². The van der Waals surface area contributed by atoms with Crippen molar-refractivity contribution in [1.29, 1.82) is 0 Å². The molecular weight excluding hydrogens is 368 g/mol. The number of carbonyl (C=O) groups is 1. The molecule has 2 rings (SSSR count). The van der Waals surface area contributed by atoms with Crippen molar-refractivity contribution < 1.29 is 14.5 Å². The zero-order chi connectivity index (χ0) is 19.8. The van der Waals surface area contributed by atoms with E-state index in [4.69, 9.17) is 17.0 Å². The van der Waals surface area contributed by atoms with E-state index in [0.29, 0.717) is 11.7 Å². The van der Waals surface area contributed by atoms with Crippen molar-refractivity contribution in [2.75, 3.05) is 11.9 Å². The first-order chi connectivity index (χ1) is 12.8. The van der Waals surface area contributed by atoms with Crippen molar-refractivity contribution >= 4 is 34.6 Å². The van der Waals surface area contributed by atoms with Crippen molar-refractivity contribution in [3.63, 3.8) is 0 Å². The number of amides is 1. The van der Waals surface area contributed by atoms with Crippen LogP contribution in [0.4, 0.5) is 11.4 Å². The first-order valence-electron chi connectivity index (χ1n) is 8.18. The number of benzene rings is 2.